The molecule has 0 radical (unpaired) electrons. The van der Waals surface area contributed by atoms with E-state index in [1.807, 2.05) is 54.6 Å². The molecule has 0 bridgehead atoms. The lowest BCUT2D eigenvalue weighted by molar-refractivity contribution is -0.120. The van der Waals surface area contributed by atoms with Crippen LogP contribution in [-0.4, -0.2) is 13.0 Å². The lowest BCUT2D eigenvalue weighted by Crippen LogP contribution is -2.33. The zero-order chi connectivity index (χ0) is 14.4. The number of ether oxygens (including phenoxy) is 1. The number of primary amides is 1. The first-order chi connectivity index (χ1) is 9.70. The summed E-state index contributed by atoms with van der Waals surface area (Å²) in [4.78, 5) is 11.6. The SMILES string of the molecule is COc1cccc(CN[C@H](C(N)=O)c2ccccc2)c1. The number of carbonyl (C=O) groups is 1. The van der Waals surface area contributed by atoms with Crippen LogP contribution in [0.4, 0.5) is 0 Å². The summed E-state index contributed by atoms with van der Waals surface area (Å²) in [5, 5.41) is 3.17. The highest BCUT2D eigenvalue weighted by molar-refractivity contribution is 5.81. The maximum atomic E-state index is 11.6. The van der Waals surface area contributed by atoms with E-state index in [2.05, 4.69) is 5.32 Å². The van der Waals surface area contributed by atoms with Gasteiger partial charge in [0, 0.05) is 6.54 Å². The fraction of sp³-hybridized carbons (Fsp3) is 0.188. The third-order valence-electron chi connectivity index (χ3n) is 3.06. The van der Waals surface area contributed by atoms with Gasteiger partial charge in [-0.05, 0) is 23.3 Å². The maximum absolute atomic E-state index is 11.6. The molecule has 4 heteroatoms. The topological polar surface area (TPSA) is 64.3 Å². The summed E-state index contributed by atoms with van der Waals surface area (Å²) >= 11 is 0. The largest absolute Gasteiger partial charge is 0.497 e. The number of amides is 1. The summed E-state index contributed by atoms with van der Waals surface area (Å²) in [5.74, 6) is 0.402. The fourth-order valence-electron chi connectivity index (χ4n) is 2.03. The number of carbonyl (C=O) groups excluding carboxylic acids is 1. The third kappa shape index (κ3) is 3.59. The molecule has 2 rings (SSSR count). The Balaban J connectivity index is 2.08. The highest BCUT2D eigenvalue weighted by atomic mass is 16.5. The Morgan fingerprint density at radius 2 is 1.95 bits per heavy atom. The van der Waals surface area contributed by atoms with Crippen molar-refractivity contribution in [2.75, 3.05) is 7.11 Å². The molecule has 0 fully saturated rings. The van der Waals surface area contributed by atoms with Gasteiger partial charge in [0.25, 0.3) is 0 Å². The first-order valence-corrected chi connectivity index (χ1v) is 6.41. The lowest BCUT2D eigenvalue weighted by Gasteiger charge is -2.16. The standard InChI is InChI=1S/C16H18N2O2/c1-20-14-9-5-6-12(10-14)11-18-15(16(17)19)13-7-3-2-4-8-13/h2-10,15,18H,11H2,1H3,(H2,17,19)/t15-/m0/s1. The first kappa shape index (κ1) is 14.1. The molecule has 0 aliphatic carbocycles. The van der Waals surface area contributed by atoms with Crippen molar-refractivity contribution in [1.82, 2.24) is 5.32 Å². The van der Waals surface area contributed by atoms with Crippen LogP contribution in [0.2, 0.25) is 0 Å². The molecule has 0 aromatic heterocycles. The van der Waals surface area contributed by atoms with Gasteiger partial charge in [-0.2, -0.15) is 0 Å². The summed E-state index contributed by atoms with van der Waals surface area (Å²) in [5.41, 5.74) is 7.36. The quantitative estimate of drug-likeness (QED) is 0.844. The molecule has 0 aliphatic rings. The van der Waals surface area contributed by atoms with Crippen molar-refractivity contribution in [3.63, 3.8) is 0 Å². The summed E-state index contributed by atoms with van der Waals surface area (Å²) in [6.45, 7) is 0.541. The molecule has 0 aliphatic heterocycles. The smallest absolute Gasteiger partial charge is 0.239 e. The van der Waals surface area contributed by atoms with Crippen molar-refractivity contribution in [1.29, 1.82) is 0 Å². The molecular formula is C16H18N2O2. The van der Waals surface area contributed by atoms with E-state index < -0.39 is 6.04 Å². The highest BCUT2D eigenvalue weighted by Gasteiger charge is 2.16. The second-order valence-corrected chi connectivity index (χ2v) is 4.48. The van der Waals surface area contributed by atoms with Gasteiger partial charge < -0.3 is 10.5 Å². The molecular weight excluding hydrogens is 252 g/mol. The van der Waals surface area contributed by atoms with E-state index in [-0.39, 0.29) is 5.91 Å². The fourth-order valence-corrected chi connectivity index (χ4v) is 2.03. The normalized spacial score (nSPS) is 11.8. The van der Waals surface area contributed by atoms with E-state index in [1.54, 1.807) is 7.11 Å². The predicted octanol–water partition coefficient (Wildman–Crippen LogP) is 2.01. The molecule has 2 aromatic rings. The maximum Gasteiger partial charge on any atom is 0.239 e. The molecule has 0 spiro atoms. The van der Waals surface area contributed by atoms with Crippen molar-refractivity contribution in [2.45, 2.75) is 12.6 Å². The van der Waals surface area contributed by atoms with Crippen molar-refractivity contribution in [3.05, 3.63) is 65.7 Å². The third-order valence-corrected chi connectivity index (χ3v) is 3.06. The van der Waals surface area contributed by atoms with Gasteiger partial charge in [-0.25, -0.2) is 0 Å². The molecule has 0 saturated carbocycles. The van der Waals surface area contributed by atoms with Crippen LogP contribution in [0.25, 0.3) is 0 Å². The molecule has 4 nitrogen and oxygen atoms in total. The van der Waals surface area contributed by atoms with Gasteiger partial charge in [-0.15, -0.1) is 0 Å². The zero-order valence-electron chi connectivity index (χ0n) is 11.4. The molecule has 1 atom stereocenters. The van der Waals surface area contributed by atoms with Crippen molar-refractivity contribution >= 4 is 5.91 Å². The highest BCUT2D eigenvalue weighted by Crippen LogP contribution is 2.15. The first-order valence-electron chi connectivity index (χ1n) is 6.41. The Kier molecular flexibility index (Phi) is 4.74. The Morgan fingerprint density at radius 3 is 2.60 bits per heavy atom. The van der Waals surface area contributed by atoms with E-state index in [9.17, 15) is 4.79 Å². The summed E-state index contributed by atoms with van der Waals surface area (Å²) in [6.07, 6.45) is 0. The molecule has 1 amide bonds. The van der Waals surface area contributed by atoms with Gasteiger partial charge in [-0.3, -0.25) is 10.1 Å². The Hall–Kier alpha value is -2.33. The molecule has 3 N–H and O–H groups in total. The van der Waals surface area contributed by atoms with Gasteiger partial charge in [0.1, 0.15) is 11.8 Å². The van der Waals surface area contributed by atoms with Crippen molar-refractivity contribution in [2.24, 2.45) is 5.73 Å². The Bertz CT molecular complexity index is 570. The molecule has 104 valence electrons. The molecule has 2 aromatic carbocycles. The van der Waals surface area contributed by atoms with Gasteiger partial charge in [0.15, 0.2) is 0 Å². The number of rotatable bonds is 6. The minimum absolute atomic E-state index is 0.390. The van der Waals surface area contributed by atoms with Crippen LogP contribution in [0.15, 0.2) is 54.6 Å². The number of nitrogens with one attached hydrogen (secondary N) is 1. The van der Waals surface area contributed by atoms with E-state index in [4.69, 9.17) is 10.5 Å². The van der Waals surface area contributed by atoms with Crippen LogP contribution in [0.5, 0.6) is 5.75 Å². The van der Waals surface area contributed by atoms with Crippen LogP contribution in [0, 0.1) is 0 Å². The number of methoxy groups -OCH3 is 1. The number of hydrogen-bond acceptors (Lipinski definition) is 3. The predicted molar refractivity (Wildman–Crippen MR) is 78.2 cm³/mol. The Labute approximate surface area is 118 Å². The lowest BCUT2D eigenvalue weighted by atomic mass is 10.1. The van der Waals surface area contributed by atoms with Gasteiger partial charge in [0.2, 0.25) is 5.91 Å². The average Bonchev–Trinajstić information content (AvgIpc) is 2.48. The van der Waals surface area contributed by atoms with E-state index in [0.29, 0.717) is 6.54 Å². The minimum Gasteiger partial charge on any atom is -0.497 e. The van der Waals surface area contributed by atoms with Crippen molar-refractivity contribution in [3.8, 4) is 5.75 Å². The molecule has 20 heavy (non-hydrogen) atoms. The van der Waals surface area contributed by atoms with E-state index in [1.165, 1.54) is 0 Å². The average molecular weight is 270 g/mol. The van der Waals surface area contributed by atoms with E-state index >= 15 is 0 Å². The molecule has 0 heterocycles. The van der Waals surface area contributed by atoms with Crippen LogP contribution in [0.1, 0.15) is 17.2 Å². The second kappa shape index (κ2) is 6.73. The number of benzene rings is 2. The second-order valence-electron chi connectivity index (χ2n) is 4.48. The zero-order valence-corrected chi connectivity index (χ0v) is 11.4. The van der Waals surface area contributed by atoms with E-state index in [0.717, 1.165) is 16.9 Å². The van der Waals surface area contributed by atoms with Gasteiger partial charge >= 0.3 is 0 Å². The Morgan fingerprint density at radius 1 is 1.20 bits per heavy atom. The van der Waals surface area contributed by atoms with Crippen LogP contribution < -0.4 is 15.8 Å². The monoisotopic (exact) mass is 270 g/mol. The molecule has 0 saturated heterocycles. The van der Waals surface area contributed by atoms with Gasteiger partial charge in [0.05, 0.1) is 7.11 Å². The number of hydrogen-bond donors (Lipinski definition) is 2. The minimum atomic E-state index is -0.498. The van der Waals surface area contributed by atoms with Crippen LogP contribution in [0.3, 0.4) is 0 Å². The summed E-state index contributed by atoms with van der Waals surface area (Å²) in [7, 11) is 1.63. The van der Waals surface area contributed by atoms with Crippen LogP contribution >= 0.6 is 0 Å². The van der Waals surface area contributed by atoms with Crippen LogP contribution in [-0.2, 0) is 11.3 Å². The summed E-state index contributed by atoms with van der Waals surface area (Å²) < 4.78 is 5.17. The van der Waals surface area contributed by atoms with Gasteiger partial charge in [-0.1, -0.05) is 42.5 Å². The number of nitrogens with two attached hydrogens (primary N) is 1. The van der Waals surface area contributed by atoms with Crippen molar-refractivity contribution < 1.29 is 9.53 Å². The summed E-state index contributed by atoms with van der Waals surface area (Å²) in [6, 6.07) is 16.6. The molecule has 0 unspecified atom stereocenters.